The fraction of sp³-hybridized carbons (Fsp3) is 0.217. The molecule has 0 spiro atoms. The minimum Gasteiger partial charge on any atom is -0.493 e. The zero-order chi connectivity index (χ0) is 21.3. The van der Waals surface area contributed by atoms with Crippen molar-refractivity contribution in [2.45, 2.75) is 6.42 Å². The Labute approximate surface area is 181 Å². The molecule has 1 amide bonds. The lowest BCUT2D eigenvalue weighted by molar-refractivity contribution is 0.102. The lowest BCUT2D eigenvalue weighted by Crippen LogP contribution is -2.13. The maximum Gasteiger partial charge on any atom is 0.257 e. The minimum atomic E-state index is -0.261. The Balaban J connectivity index is 1.83. The summed E-state index contributed by atoms with van der Waals surface area (Å²) in [6, 6.07) is 14.7. The predicted octanol–water partition coefficient (Wildman–Crippen LogP) is 4.91. The van der Waals surface area contributed by atoms with Gasteiger partial charge in [0.25, 0.3) is 5.91 Å². The molecule has 7 heteroatoms. The molecule has 1 heterocycles. The summed E-state index contributed by atoms with van der Waals surface area (Å²) in [5, 5.41) is 7.65. The lowest BCUT2D eigenvalue weighted by Gasteiger charge is -2.10. The predicted molar refractivity (Wildman–Crippen MR) is 120 cm³/mol. The van der Waals surface area contributed by atoms with E-state index in [1.807, 2.05) is 42.5 Å². The van der Waals surface area contributed by atoms with Crippen molar-refractivity contribution >= 4 is 35.5 Å². The van der Waals surface area contributed by atoms with Gasteiger partial charge in [-0.15, -0.1) is 0 Å². The highest BCUT2D eigenvalue weighted by molar-refractivity contribution is 6.32. The van der Waals surface area contributed by atoms with Crippen molar-refractivity contribution in [2.75, 3.05) is 25.6 Å². The highest BCUT2D eigenvalue weighted by atomic mass is 35.5. The summed E-state index contributed by atoms with van der Waals surface area (Å²) in [6.45, 7) is 1.10. The van der Waals surface area contributed by atoms with Crippen LogP contribution in [0.5, 0.6) is 5.75 Å². The van der Waals surface area contributed by atoms with Gasteiger partial charge in [0.05, 0.1) is 6.61 Å². The van der Waals surface area contributed by atoms with Crippen LogP contribution < -0.4 is 10.1 Å². The smallest absolute Gasteiger partial charge is 0.257 e. The molecule has 30 heavy (non-hydrogen) atoms. The van der Waals surface area contributed by atoms with Crippen LogP contribution in [0.15, 0.2) is 54.7 Å². The van der Waals surface area contributed by atoms with Crippen molar-refractivity contribution in [1.82, 2.24) is 9.78 Å². The molecule has 1 aromatic heterocycles. The third-order valence-corrected chi connectivity index (χ3v) is 4.61. The number of anilines is 1. The fourth-order valence-corrected chi connectivity index (χ4v) is 2.99. The molecule has 2 aromatic carbocycles. The molecule has 0 aliphatic heterocycles. The van der Waals surface area contributed by atoms with E-state index in [4.69, 9.17) is 21.1 Å². The van der Waals surface area contributed by atoms with E-state index < -0.39 is 0 Å². The molecule has 0 aliphatic carbocycles. The molecule has 0 aliphatic rings. The van der Waals surface area contributed by atoms with E-state index in [1.54, 1.807) is 43.2 Å². The largest absolute Gasteiger partial charge is 0.493 e. The zero-order valence-corrected chi connectivity index (χ0v) is 17.7. The Morgan fingerprint density at radius 2 is 2.00 bits per heavy atom. The van der Waals surface area contributed by atoms with Crippen molar-refractivity contribution in [2.24, 2.45) is 7.05 Å². The van der Waals surface area contributed by atoms with Crippen LogP contribution in [0.2, 0.25) is 5.02 Å². The second-order valence-corrected chi connectivity index (χ2v) is 7.08. The van der Waals surface area contributed by atoms with Gasteiger partial charge in [-0.25, -0.2) is 0 Å². The number of aryl methyl sites for hydroxylation is 1. The maximum absolute atomic E-state index is 12.8. The van der Waals surface area contributed by atoms with Gasteiger partial charge in [0.2, 0.25) is 0 Å². The van der Waals surface area contributed by atoms with Crippen LogP contribution in [-0.4, -0.2) is 36.0 Å². The van der Waals surface area contributed by atoms with Crippen LogP contribution in [0.4, 0.5) is 5.82 Å². The first-order chi connectivity index (χ1) is 14.5. The van der Waals surface area contributed by atoms with Crippen molar-refractivity contribution in [1.29, 1.82) is 0 Å². The number of hydrogen-bond acceptors (Lipinski definition) is 4. The van der Waals surface area contributed by atoms with Gasteiger partial charge in [0.15, 0.2) is 5.82 Å². The van der Waals surface area contributed by atoms with Crippen molar-refractivity contribution in [3.05, 3.63) is 76.4 Å². The number of methoxy groups -OCH3 is 1. The molecule has 0 unspecified atom stereocenters. The molecule has 0 fully saturated rings. The summed E-state index contributed by atoms with van der Waals surface area (Å²) < 4.78 is 12.5. The highest BCUT2D eigenvalue weighted by Gasteiger charge is 2.11. The quantitative estimate of drug-likeness (QED) is 0.390. The highest BCUT2D eigenvalue weighted by Crippen LogP contribution is 2.22. The number of nitrogens with zero attached hydrogens (tertiary/aromatic N) is 2. The number of aromatic nitrogens is 2. The normalized spacial score (nSPS) is 11.0. The van der Waals surface area contributed by atoms with Gasteiger partial charge in [-0.05, 0) is 35.4 Å². The van der Waals surface area contributed by atoms with Gasteiger partial charge in [-0.2, -0.15) is 5.10 Å². The Morgan fingerprint density at radius 3 is 2.73 bits per heavy atom. The van der Waals surface area contributed by atoms with E-state index >= 15 is 0 Å². The maximum atomic E-state index is 12.8. The number of hydrogen-bond donors (Lipinski definition) is 1. The molecule has 156 valence electrons. The summed E-state index contributed by atoms with van der Waals surface area (Å²) >= 11 is 6.23. The first kappa shape index (κ1) is 21.6. The second-order valence-electron chi connectivity index (χ2n) is 6.67. The van der Waals surface area contributed by atoms with Gasteiger partial charge in [0, 0.05) is 50.0 Å². The van der Waals surface area contributed by atoms with Gasteiger partial charge in [0.1, 0.15) is 5.75 Å². The van der Waals surface area contributed by atoms with Crippen molar-refractivity contribution < 1.29 is 14.3 Å². The van der Waals surface area contributed by atoms with Gasteiger partial charge in [-0.3, -0.25) is 9.48 Å². The summed E-state index contributed by atoms with van der Waals surface area (Å²) in [7, 11) is 3.45. The van der Waals surface area contributed by atoms with Gasteiger partial charge >= 0.3 is 0 Å². The SMILES string of the molecule is COCCCOc1cc(/C=C/c2ccccc2Cl)cc(C(=O)Nc2ccn(C)n2)c1. The van der Waals surface area contributed by atoms with E-state index in [0.717, 1.165) is 17.5 Å². The minimum absolute atomic E-state index is 0.261. The monoisotopic (exact) mass is 425 g/mol. The molecule has 0 atom stereocenters. The number of rotatable bonds is 9. The molecule has 3 aromatic rings. The number of carbonyl (C=O) groups is 1. The molecular formula is C23H24ClN3O3. The fourth-order valence-electron chi connectivity index (χ4n) is 2.79. The first-order valence-corrected chi connectivity index (χ1v) is 9.93. The second kappa shape index (κ2) is 10.6. The zero-order valence-electron chi connectivity index (χ0n) is 17.0. The molecule has 1 N–H and O–H groups in total. The molecule has 0 bridgehead atoms. The molecule has 0 saturated carbocycles. The summed E-state index contributed by atoms with van der Waals surface area (Å²) in [4.78, 5) is 12.8. The summed E-state index contributed by atoms with van der Waals surface area (Å²) in [5.41, 5.74) is 2.19. The van der Waals surface area contributed by atoms with E-state index in [2.05, 4.69) is 10.4 Å². The van der Waals surface area contributed by atoms with Gasteiger partial charge in [-0.1, -0.05) is 42.0 Å². The Morgan fingerprint density at radius 1 is 1.17 bits per heavy atom. The molecule has 0 radical (unpaired) electrons. The lowest BCUT2D eigenvalue weighted by atomic mass is 10.1. The molecule has 0 saturated heterocycles. The molecular weight excluding hydrogens is 402 g/mol. The number of benzene rings is 2. The van der Waals surface area contributed by atoms with E-state index in [9.17, 15) is 4.79 Å². The van der Waals surface area contributed by atoms with Crippen LogP contribution in [0.3, 0.4) is 0 Å². The Hall–Kier alpha value is -3.09. The van der Waals surface area contributed by atoms with Crippen LogP contribution in [0.1, 0.15) is 27.9 Å². The topological polar surface area (TPSA) is 65.4 Å². The van der Waals surface area contributed by atoms with E-state index in [1.165, 1.54) is 0 Å². The van der Waals surface area contributed by atoms with Crippen LogP contribution in [0, 0.1) is 0 Å². The van der Waals surface area contributed by atoms with Gasteiger partial charge < -0.3 is 14.8 Å². The van der Waals surface area contributed by atoms with E-state index in [0.29, 0.717) is 35.4 Å². The number of carbonyl (C=O) groups excluding carboxylic acids is 1. The van der Waals surface area contributed by atoms with E-state index in [-0.39, 0.29) is 5.91 Å². The number of amides is 1. The number of halogens is 1. The van der Waals surface area contributed by atoms with Crippen molar-refractivity contribution in [3.8, 4) is 5.75 Å². The number of nitrogens with one attached hydrogen (secondary N) is 1. The Kier molecular flexibility index (Phi) is 7.65. The molecule has 3 rings (SSSR count). The van der Waals surface area contributed by atoms with Crippen LogP contribution in [-0.2, 0) is 11.8 Å². The third-order valence-electron chi connectivity index (χ3n) is 4.27. The van der Waals surface area contributed by atoms with Crippen LogP contribution in [0.25, 0.3) is 12.2 Å². The summed E-state index contributed by atoms with van der Waals surface area (Å²) in [6.07, 6.45) is 6.34. The Bertz CT molecular complexity index is 1030. The van der Waals surface area contributed by atoms with Crippen LogP contribution >= 0.6 is 11.6 Å². The average Bonchev–Trinajstić information content (AvgIpc) is 3.15. The first-order valence-electron chi connectivity index (χ1n) is 9.55. The summed E-state index contributed by atoms with van der Waals surface area (Å²) in [5.74, 6) is 0.837. The standard InChI is InChI=1S/C23H24ClN3O3/c1-27-11-10-22(26-27)25-23(28)19-14-17(8-9-18-6-3-4-7-21(18)24)15-20(16-19)30-13-5-12-29-2/h3-4,6-11,14-16H,5,12-13H2,1-2H3,(H,25,26,28)/b9-8+. The number of ether oxygens (including phenoxy) is 2. The van der Waals surface area contributed by atoms with Crippen molar-refractivity contribution in [3.63, 3.8) is 0 Å². The third kappa shape index (κ3) is 6.20. The average molecular weight is 426 g/mol. The molecule has 6 nitrogen and oxygen atoms in total.